The number of aromatic nitrogens is 1. The van der Waals surface area contributed by atoms with Gasteiger partial charge in [-0.05, 0) is 108 Å². The maximum atomic E-state index is 6.00. The van der Waals surface area contributed by atoms with Gasteiger partial charge in [-0.2, -0.15) is 0 Å². The standard InChI is InChI=1S/C26H33N3O3S.C2H7N/c1-18-24(31-17-20-3-4-20)8-6-22-23(28-32-26(18)22)7-5-19-9-12-29(13-10-19)16-25-21(11-14-33-25)15-27-30-2;1-3-2/h6,8,11,14-15,19-20H,3-5,7,9-10,12-13,16-17H2,1-2H3;3H,1-2H3. The van der Waals surface area contributed by atoms with Gasteiger partial charge in [-0.1, -0.05) is 10.3 Å². The Morgan fingerprint density at radius 3 is 2.67 bits per heavy atom. The van der Waals surface area contributed by atoms with E-state index in [-0.39, 0.29) is 0 Å². The Hall–Kier alpha value is -2.42. The van der Waals surface area contributed by atoms with Crippen molar-refractivity contribution in [3.63, 3.8) is 0 Å². The number of hydrogen-bond acceptors (Lipinski definition) is 8. The molecule has 0 spiro atoms. The molecule has 5 rings (SSSR count). The fraction of sp³-hybridized carbons (Fsp3) is 0.571. The third kappa shape index (κ3) is 7.08. The summed E-state index contributed by atoms with van der Waals surface area (Å²) in [6.07, 6.45) is 9.02. The number of rotatable bonds is 10. The molecule has 1 aliphatic heterocycles. The van der Waals surface area contributed by atoms with Crippen LogP contribution in [-0.4, -0.2) is 57.2 Å². The summed E-state index contributed by atoms with van der Waals surface area (Å²) in [5, 5.41) is 14.4. The molecule has 0 bridgehead atoms. The summed E-state index contributed by atoms with van der Waals surface area (Å²) in [5.74, 6) is 2.42. The monoisotopic (exact) mass is 512 g/mol. The van der Waals surface area contributed by atoms with Gasteiger partial charge >= 0.3 is 0 Å². The minimum Gasteiger partial charge on any atom is -0.493 e. The lowest BCUT2D eigenvalue weighted by Crippen LogP contribution is -2.33. The molecule has 1 N–H and O–H groups in total. The van der Waals surface area contributed by atoms with Crippen molar-refractivity contribution in [1.29, 1.82) is 0 Å². The third-order valence-corrected chi connectivity index (χ3v) is 7.95. The molecule has 7 nitrogen and oxygen atoms in total. The first-order chi connectivity index (χ1) is 17.6. The Kier molecular flexibility index (Phi) is 9.78. The Morgan fingerprint density at radius 1 is 1.17 bits per heavy atom. The lowest BCUT2D eigenvalue weighted by atomic mass is 9.91. The smallest absolute Gasteiger partial charge is 0.173 e. The summed E-state index contributed by atoms with van der Waals surface area (Å²) in [7, 11) is 5.33. The Balaban J connectivity index is 0.000000967. The summed E-state index contributed by atoms with van der Waals surface area (Å²) in [5.41, 5.74) is 4.21. The van der Waals surface area contributed by atoms with Gasteiger partial charge < -0.3 is 19.4 Å². The van der Waals surface area contributed by atoms with Crippen molar-refractivity contribution >= 4 is 28.5 Å². The molecule has 3 heterocycles. The summed E-state index contributed by atoms with van der Waals surface area (Å²) in [4.78, 5) is 8.76. The minimum absolute atomic E-state index is 0.744. The second-order valence-electron chi connectivity index (χ2n) is 9.92. The zero-order chi connectivity index (χ0) is 25.3. The van der Waals surface area contributed by atoms with Crippen molar-refractivity contribution in [2.45, 2.75) is 52.0 Å². The Bertz CT molecular complexity index is 1110. The van der Waals surface area contributed by atoms with E-state index in [9.17, 15) is 0 Å². The molecule has 2 aliphatic rings. The van der Waals surface area contributed by atoms with Crippen LogP contribution < -0.4 is 10.1 Å². The van der Waals surface area contributed by atoms with Gasteiger partial charge in [0.15, 0.2) is 5.58 Å². The predicted octanol–water partition coefficient (Wildman–Crippen LogP) is 5.65. The molecule has 0 radical (unpaired) electrons. The number of nitrogens with one attached hydrogen (secondary N) is 1. The van der Waals surface area contributed by atoms with Gasteiger partial charge in [-0.25, -0.2) is 0 Å². The zero-order valence-corrected chi connectivity index (χ0v) is 22.9. The highest BCUT2D eigenvalue weighted by atomic mass is 32.1. The molecule has 8 heteroatoms. The van der Waals surface area contributed by atoms with Crippen LogP contribution in [0.15, 0.2) is 33.3 Å². The fourth-order valence-electron chi connectivity index (χ4n) is 4.68. The highest BCUT2D eigenvalue weighted by Crippen LogP contribution is 2.34. The maximum Gasteiger partial charge on any atom is 0.173 e. The van der Waals surface area contributed by atoms with Crippen molar-refractivity contribution in [3.05, 3.63) is 45.3 Å². The number of thiophene rings is 1. The molecule has 3 aromatic rings. The van der Waals surface area contributed by atoms with E-state index in [2.05, 4.69) is 51.0 Å². The van der Waals surface area contributed by atoms with Crippen LogP contribution in [0, 0.1) is 18.8 Å². The summed E-state index contributed by atoms with van der Waals surface area (Å²) in [6.45, 7) is 6.18. The summed E-state index contributed by atoms with van der Waals surface area (Å²) in [6, 6.07) is 6.33. The number of benzene rings is 1. The van der Waals surface area contributed by atoms with Gasteiger partial charge in [0.2, 0.25) is 0 Å². The first-order valence-electron chi connectivity index (χ1n) is 13.1. The van der Waals surface area contributed by atoms with Crippen molar-refractivity contribution in [2.24, 2.45) is 17.0 Å². The summed E-state index contributed by atoms with van der Waals surface area (Å²) >= 11 is 1.80. The normalized spacial score (nSPS) is 16.9. The van der Waals surface area contributed by atoms with Crippen molar-refractivity contribution in [1.82, 2.24) is 15.4 Å². The van der Waals surface area contributed by atoms with Gasteiger partial charge in [-0.15, -0.1) is 11.3 Å². The number of likely N-dealkylation sites (tertiary alicyclic amines) is 1. The van der Waals surface area contributed by atoms with Gasteiger partial charge in [-0.3, -0.25) is 4.90 Å². The third-order valence-electron chi connectivity index (χ3n) is 7.03. The maximum absolute atomic E-state index is 6.00. The SMILES string of the molecule is CNC.CON=Cc1ccsc1CN1CCC(CCc2noc3c(C)c(OCC4CC4)ccc23)CC1. The van der Waals surface area contributed by atoms with Gasteiger partial charge in [0, 0.05) is 27.9 Å². The number of piperidine rings is 1. The van der Waals surface area contributed by atoms with Crippen LogP contribution >= 0.6 is 11.3 Å². The highest BCUT2D eigenvalue weighted by Gasteiger charge is 2.24. The predicted molar refractivity (Wildman–Crippen MR) is 147 cm³/mol. The Labute approximate surface area is 218 Å². The van der Waals surface area contributed by atoms with E-state index >= 15 is 0 Å². The van der Waals surface area contributed by atoms with Crippen LogP contribution in [0.2, 0.25) is 0 Å². The summed E-state index contributed by atoms with van der Waals surface area (Å²) < 4.78 is 11.7. The molecule has 1 saturated carbocycles. The highest BCUT2D eigenvalue weighted by molar-refractivity contribution is 7.10. The molecule has 2 fully saturated rings. The second kappa shape index (κ2) is 13.2. The van der Waals surface area contributed by atoms with Gasteiger partial charge in [0.25, 0.3) is 0 Å². The molecule has 0 unspecified atom stereocenters. The number of oxime groups is 1. The van der Waals surface area contributed by atoms with Crippen molar-refractivity contribution in [2.75, 3.05) is 40.9 Å². The molecule has 0 amide bonds. The molecule has 1 aromatic carbocycles. The first kappa shape index (κ1) is 26.6. The number of nitrogens with zero attached hydrogens (tertiary/aromatic N) is 3. The topological polar surface area (TPSA) is 72.1 Å². The van der Waals surface area contributed by atoms with E-state index in [1.165, 1.54) is 42.5 Å². The zero-order valence-electron chi connectivity index (χ0n) is 22.1. The molecular formula is C28H40N4O3S. The van der Waals surface area contributed by atoms with E-state index in [1.54, 1.807) is 18.4 Å². The molecule has 0 atom stereocenters. The van der Waals surface area contributed by atoms with E-state index in [0.29, 0.717) is 0 Å². The lowest BCUT2D eigenvalue weighted by Gasteiger charge is -2.31. The number of fused-ring (bicyclic) bond motifs is 1. The van der Waals surface area contributed by atoms with Crippen molar-refractivity contribution < 1.29 is 14.1 Å². The average molecular weight is 513 g/mol. The van der Waals surface area contributed by atoms with Crippen LogP contribution in [0.4, 0.5) is 0 Å². The average Bonchev–Trinajstić information content (AvgIpc) is 3.46. The number of aryl methyl sites for hydroxylation is 2. The quantitative estimate of drug-likeness (QED) is 0.280. The molecule has 1 aliphatic carbocycles. The molecular weight excluding hydrogens is 472 g/mol. The number of ether oxygens (including phenoxy) is 1. The second-order valence-corrected chi connectivity index (χ2v) is 10.9. The Morgan fingerprint density at radius 2 is 1.94 bits per heavy atom. The molecule has 1 saturated heterocycles. The van der Waals surface area contributed by atoms with Crippen molar-refractivity contribution in [3.8, 4) is 5.75 Å². The van der Waals surface area contributed by atoms with E-state index in [1.807, 2.05) is 20.3 Å². The first-order valence-corrected chi connectivity index (χ1v) is 13.9. The lowest BCUT2D eigenvalue weighted by molar-refractivity contribution is 0.173. The minimum atomic E-state index is 0.744. The number of hydrogen-bond donors (Lipinski definition) is 1. The fourth-order valence-corrected chi connectivity index (χ4v) is 5.57. The van der Waals surface area contributed by atoms with Crippen LogP contribution in [0.1, 0.15) is 53.8 Å². The van der Waals surface area contributed by atoms with Crippen LogP contribution in [0.3, 0.4) is 0 Å². The van der Waals surface area contributed by atoms with Crippen LogP contribution in [0.25, 0.3) is 11.0 Å². The van der Waals surface area contributed by atoms with Gasteiger partial charge in [0.1, 0.15) is 12.9 Å². The van der Waals surface area contributed by atoms with E-state index in [0.717, 1.165) is 72.5 Å². The van der Waals surface area contributed by atoms with E-state index < -0.39 is 0 Å². The van der Waals surface area contributed by atoms with Gasteiger partial charge in [0.05, 0.1) is 18.5 Å². The van der Waals surface area contributed by atoms with E-state index in [4.69, 9.17) is 14.1 Å². The molecule has 36 heavy (non-hydrogen) atoms. The molecule has 2 aromatic heterocycles. The van der Waals surface area contributed by atoms with Crippen LogP contribution in [0.5, 0.6) is 5.75 Å². The largest absolute Gasteiger partial charge is 0.493 e. The van der Waals surface area contributed by atoms with Crippen LogP contribution in [-0.2, 0) is 17.8 Å². The molecule has 196 valence electrons.